The van der Waals surface area contributed by atoms with Crippen molar-refractivity contribution in [1.29, 1.82) is 0 Å². The molecule has 4 rings (SSSR count). The Kier molecular flexibility index (Phi) is 10.9. The lowest BCUT2D eigenvalue weighted by Gasteiger charge is -2.38. The van der Waals surface area contributed by atoms with Crippen molar-refractivity contribution in [1.82, 2.24) is 15.6 Å². The molecule has 0 saturated heterocycles. The summed E-state index contributed by atoms with van der Waals surface area (Å²) in [4.78, 5) is 49.3. The van der Waals surface area contributed by atoms with Gasteiger partial charge in [0, 0.05) is 25.7 Å². The fourth-order valence-corrected chi connectivity index (χ4v) is 5.64. The Hall–Kier alpha value is -4.44. The summed E-state index contributed by atoms with van der Waals surface area (Å²) in [6.45, 7) is 9.92. The van der Waals surface area contributed by atoms with Gasteiger partial charge >= 0.3 is 0 Å². The number of amides is 3. The number of carbonyl (C=O) groups excluding carboxylic acids is 3. The number of pyridine rings is 1. The van der Waals surface area contributed by atoms with Crippen molar-refractivity contribution in [3.05, 3.63) is 83.7 Å². The Morgan fingerprint density at radius 1 is 1.05 bits per heavy atom. The summed E-state index contributed by atoms with van der Waals surface area (Å²) >= 11 is 0. The largest absolute Gasteiger partial charge is 0.508 e. The van der Waals surface area contributed by atoms with Crippen LogP contribution < -0.4 is 26.2 Å². The minimum Gasteiger partial charge on any atom is -0.508 e. The van der Waals surface area contributed by atoms with E-state index in [1.54, 1.807) is 23.2 Å². The molecule has 3 amide bonds. The van der Waals surface area contributed by atoms with Crippen molar-refractivity contribution in [3.63, 3.8) is 0 Å². The molecule has 0 spiro atoms. The average Bonchev–Trinajstić information content (AvgIpc) is 3.00. The number of nitrogens with one attached hydrogen (secondary N) is 2. The summed E-state index contributed by atoms with van der Waals surface area (Å²) in [7, 11) is 0. The molecule has 1 aromatic heterocycles. The Morgan fingerprint density at radius 3 is 2.41 bits per heavy atom. The molecule has 0 fully saturated rings. The Morgan fingerprint density at radius 2 is 1.77 bits per heavy atom. The second-order valence-electron chi connectivity index (χ2n) is 11.6. The van der Waals surface area contributed by atoms with Gasteiger partial charge in [-0.05, 0) is 74.1 Å². The number of benzene rings is 2. The number of hydrogen-bond acceptors (Lipinski definition) is 7. The molecule has 3 atom stereocenters. The van der Waals surface area contributed by atoms with Gasteiger partial charge in [-0.2, -0.15) is 0 Å². The lowest BCUT2D eigenvalue weighted by molar-refractivity contribution is -0.132. The molecule has 5 N–H and O–H groups in total. The molecule has 1 aliphatic rings. The predicted molar refractivity (Wildman–Crippen MR) is 172 cm³/mol. The fourth-order valence-electron chi connectivity index (χ4n) is 5.64. The van der Waals surface area contributed by atoms with E-state index in [1.165, 1.54) is 12.1 Å². The number of aromatic hydroxyl groups is 1. The van der Waals surface area contributed by atoms with Gasteiger partial charge in [0.25, 0.3) is 0 Å². The summed E-state index contributed by atoms with van der Waals surface area (Å²) in [5.41, 5.74) is 10.5. The SMILES string of the molecule is CCN(CC)c1cccc2c1N(Cc1ccccn1)C(=O)C(NC(=O)[C@@H](CC(C)C)NC(=O)C(N)Cc1ccc(O)cc1)C2. The monoisotopic (exact) mass is 600 g/mol. The normalized spacial score (nSPS) is 15.8. The van der Waals surface area contributed by atoms with Gasteiger partial charge in [0.15, 0.2) is 0 Å². The molecular formula is C34H44N6O4. The highest BCUT2D eigenvalue weighted by Gasteiger charge is 2.37. The first kappa shape index (κ1) is 32.5. The average molecular weight is 601 g/mol. The minimum absolute atomic E-state index is 0.0967. The van der Waals surface area contributed by atoms with Gasteiger partial charge in [0.05, 0.1) is 29.7 Å². The number of phenols is 1. The number of anilines is 2. The molecule has 10 nitrogen and oxygen atoms in total. The van der Waals surface area contributed by atoms with Gasteiger partial charge in [0.2, 0.25) is 17.7 Å². The Balaban J connectivity index is 1.56. The Bertz CT molecular complexity index is 1430. The Labute approximate surface area is 259 Å². The number of hydrogen-bond donors (Lipinski definition) is 4. The van der Waals surface area contributed by atoms with Gasteiger partial charge in [-0.15, -0.1) is 0 Å². The first-order valence-electron chi connectivity index (χ1n) is 15.3. The molecule has 0 radical (unpaired) electrons. The highest BCUT2D eigenvalue weighted by molar-refractivity contribution is 6.05. The van der Waals surface area contributed by atoms with Crippen LogP contribution in [0.15, 0.2) is 66.9 Å². The molecule has 2 heterocycles. The summed E-state index contributed by atoms with van der Waals surface area (Å²) < 4.78 is 0. The quantitative estimate of drug-likeness (QED) is 0.236. The van der Waals surface area contributed by atoms with E-state index < -0.39 is 29.9 Å². The van der Waals surface area contributed by atoms with Gasteiger partial charge in [-0.3, -0.25) is 19.4 Å². The minimum atomic E-state index is -0.891. The fraction of sp³-hybridized carbons (Fsp3) is 0.412. The molecule has 10 heteroatoms. The standard InChI is InChI=1S/C34H44N6O4/c1-5-39(6-2)30-12-9-10-24-20-29(34(44)40(31(24)30)21-25-11-7-8-17-36-25)38-33(43)28(18-22(3)4)37-32(42)27(35)19-23-13-15-26(41)16-14-23/h7-17,22,27-29,41H,5-6,18-21,35H2,1-4H3,(H,37,42)(H,38,43)/t27?,28-,29?/m1/s1. The lowest BCUT2D eigenvalue weighted by atomic mass is 9.94. The molecule has 0 aliphatic carbocycles. The molecular weight excluding hydrogens is 556 g/mol. The van der Waals surface area contributed by atoms with Crippen LogP contribution in [0, 0.1) is 5.92 Å². The maximum atomic E-state index is 14.1. The summed E-state index contributed by atoms with van der Waals surface area (Å²) in [5.74, 6) is -0.888. The van der Waals surface area contributed by atoms with Crippen LogP contribution in [0.25, 0.3) is 0 Å². The molecule has 234 valence electrons. The van der Waals surface area contributed by atoms with Crippen LogP contribution in [0.2, 0.25) is 0 Å². The van der Waals surface area contributed by atoms with Crippen molar-refractivity contribution >= 4 is 29.1 Å². The number of fused-ring (bicyclic) bond motifs is 1. The number of phenolic OH excluding ortho intramolecular Hbond substituents is 1. The van der Waals surface area contributed by atoms with E-state index in [0.29, 0.717) is 12.8 Å². The number of carbonyl (C=O) groups is 3. The van der Waals surface area contributed by atoms with Crippen LogP contribution in [0.3, 0.4) is 0 Å². The highest BCUT2D eigenvalue weighted by Crippen LogP contribution is 2.38. The van der Waals surface area contributed by atoms with E-state index in [0.717, 1.165) is 41.3 Å². The van der Waals surface area contributed by atoms with Crippen LogP contribution in [-0.4, -0.2) is 59.0 Å². The number of nitrogens with zero attached hydrogens (tertiary/aromatic N) is 3. The van der Waals surface area contributed by atoms with Gasteiger partial charge < -0.3 is 31.3 Å². The number of rotatable bonds is 13. The molecule has 2 aromatic carbocycles. The van der Waals surface area contributed by atoms with E-state index in [4.69, 9.17) is 5.73 Å². The second-order valence-corrected chi connectivity index (χ2v) is 11.6. The summed E-state index contributed by atoms with van der Waals surface area (Å²) in [6.07, 6.45) is 2.66. The smallest absolute Gasteiger partial charge is 0.250 e. The molecule has 3 aromatic rings. The zero-order chi connectivity index (χ0) is 31.8. The predicted octanol–water partition coefficient (Wildman–Crippen LogP) is 3.31. The summed E-state index contributed by atoms with van der Waals surface area (Å²) in [5, 5.41) is 15.3. The third-order valence-electron chi connectivity index (χ3n) is 7.89. The van der Waals surface area contributed by atoms with Gasteiger partial charge in [-0.25, -0.2) is 0 Å². The zero-order valence-electron chi connectivity index (χ0n) is 26.0. The van der Waals surface area contributed by atoms with Crippen LogP contribution in [0.5, 0.6) is 5.75 Å². The first-order chi connectivity index (χ1) is 21.1. The van der Waals surface area contributed by atoms with Crippen molar-refractivity contribution in [3.8, 4) is 5.75 Å². The van der Waals surface area contributed by atoms with Crippen molar-refractivity contribution < 1.29 is 19.5 Å². The van der Waals surface area contributed by atoms with E-state index in [9.17, 15) is 19.5 Å². The first-order valence-corrected chi connectivity index (χ1v) is 15.3. The number of para-hydroxylation sites is 1. The van der Waals surface area contributed by atoms with Crippen LogP contribution in [0.4, 0.5) is 11.4 Å². The number of aromatic nitrogens is 1. The summed E-state index contributed by atoms with van der Waals surface area (Å²) in [6, 6.07) is 15.5. The molecule has 44 heavy (non-hydrogen) atoms. The molecule has 2 unspecified atom stereocenters. The van der Waals surface area contributed by atoms with E-state index in [1.807, 2.05) is 50.2 Å². The molecule has 0 saturated carbocycles. The van der Waals surface area contributed by atoms with Crippen molar-refractivity contribution in [2.75, 3.05) is 22.9 Å². The maximum Gasteiger partial charge on any atom is 0.250 e. The lowest BCUT2D eigenvalue weighted by Crippen LogP contribution is -2.58. The van der Waals surface area contributed by atoms with E-state index in [2.05, 4.69) is 34.4 Å². The topological polar surface area (TPSA) is 141 Å². The maximum absolute atomic E-state index is 14.1. The third kappa shape index (κ3) is 7.93. The van der Waals surface area contributed by atoms with Crippen LogP contribution in [0.1, 0.15) is 50.9 Å². The number of nitrogens with two attached hydrogens (primary N) is 1. The van der Waals surface area contributed by atoms with Crippen molar-refractivity contribution in [2.24, 2.45) is 11.7 Å². The zero-order valence-corrected chi connectivity index (χ0v) is 26.0. The molecule has 1 aliphatic heterocycles. The van der Waals surface area contributed by atoms with Crippen LogP contribution in [-0.2, 0) is 33.8 Å². The van der Waals surface area contributed by atoms with Crippen molar-refractivity contribution in [2.45, 2.75) is 71.6 Å². The van der Waals surface area contributed by atoms with E-state index in [-0.39, 0.29) is 30.5 Å². The highest BCUT2D eigenvalue weighted by atomic mass is 16.3. The molecule has 0 bridgehead atoms. The van der Waals surface area contributed by atoms with E-state index >= 15 is 0 Å². The van der Waals surface area contributed by atoms with Gasteiger partial charge in [-0.1, -0.05) is 44.2 Å². The van der Waals surface area contributed by atoms with Crippen LogP contribution >= 0.6 is 0 Å². The van der Waals surface area contributed by atoms with Gasteiger partial charge in [0.1, 0.15) is 17.8 Å². The second kappa shape index (κ2) is 14.8. The third-order valence-corrected chi connectivity index (χ3v) is 7.89.